The Bertz CT molecular complexity index is 4600. The average Bonchev–Trinajstić information content (AvgIpc) is 1.58. The summed E-state index contributed by atoms with van der Waals surface area (Å²) >= 11 is 0. The van der Waals surface area contributed by atoms with E-state index in [1.165, 1.54) is 144 Å². The zero-order chi connectivity index (χ0) is 58.4. The van der Waals surface area contributed by atoms with E-state index in [1.54, 1.807) is 0 Å². The molecule has 0 unspecified atom stereocenters. The largest absolute Gasteiger partial charge is 0.310 e. The summed E-state index contributed by atoms with van der Waals surface area (Å²) in [6.45, 7) is 42.8. The van der Waals surface area contributed by atoms with Gasteiger partial charge in [-0.25, -0.2) is 0 Å². The number of nitrogens with zero attached hydrogens (tertiary/aromatic N) is 3. The normalized spacial score (nSPS) is 14.9. The molecule has 0 saturated heterocycles. The lowest BCUT2D eigenvalue weighted by molar-refractivity contribution is 0.583. The smallest absolute Gasteiger partial charge is 0.252 e. The van der Waals surface area contributed by atoms with Crippen molar-refractivity contribution in [2.45, 2.75) is 163 Å². The van der Waals surface area contributed by atoms with Crippen LogP contribution in [0.5, 0.6) is 0 Å². The third-order valence-corrected chi connectivity index (χ3v) is 20.0. The molecular formula is C79H80BN3. The van der Waals surface area contributed by atoms with Crippen molar-refractivity contribution in [3.8, 4) is 22.5 Å². The highest BCUT2D eigenvalue weighted by molar-refractivity contribution is 7.00. The summed E-state index contributed by atoms with van der Waals surface area (Å²) in [6.07, 6.45) is 0. The van der Waals surface area contributed by atoms with E-state index < -0.39 is 5.41 Å². The second-order valence-corrected chi connectivity index (χ2v) is 31.5. The number of hydrogen-bond donors (Lipinski definition) is 0. The zero-order valence-corrected chi connectivity index (χ0v) is 52.4. The summed E-state index contributed by atoms with van der Waals surface area (Å²) in [5, 5.41) is 5.31. The van der Waals surface area contributed by atoms with Gasteiger partial charge in [0.15, 0.2) is 0 Å². The fourth-order valence-electron chi connectivity index (χ4n) is 15.4. The highest BCUT2D eigenvalue weighted by atomic mass is 15.2. The highest BCUT2D eigenvalue weighted by Crippen LogP contribution is 2.63. The van der Waals surface area contributed by atoms with Crippen LogP contribution in [0.4, 0.5) is 17.1 Å². The second kappa shape index (κ2) is 16.4. The molecule has 83 heavy (non-hydrogen) atoms. The molecule has 11 aromatic rings. The van der Waals surface area contributed by atoms with Gasteiger partial charge in [0.25, 0.3) is 6.71 Å². The van der Waals surface area contributed by atoms with Crippen LogP contribution in [0.2, 0.25) is 0 Å². The van der Waals surface area contributed by atoms with Crippen LogP contribution in [0.25, 0.3) is 66.1 Å². The van der Waals surface area contributed by atoms with Gasteiger partial charge in [-0.1, -0.05) is 222 Å². The van der Waals surface area contributed by atoms with Crippen LogP contribution >= 0.6 is 0 Å². The molecule has 3 aliphatic heterocycles. The molecule has 2 aromatic heterocycles. The Morgan fingerprint density at radius 1 is 0.361 bits per heavy atom. The predicted molar refractivity (Wildman–Crippen MR) is 358 cm³/mol. The van der Waals surface area contributed by atoms with Crippen molar-refractivity contribution in [2.24, 2.45) is 0 Å². The maximum absolute atomic E-state index is 2.81. The zero-order valence-electron chi connectivity index (χ0n) is 52.4. The van der Waals surface area contributed by atoms with Gasteiger partial charge in [-0.2, -0.15) is 0 Å². The van der Waals surface area contributed by atoms with Gasteiger partial charge >= 0.3 is 0 Å². The van der Waals surface area contributed by atoms with Crippen LogP contribution in [0.1, 0.15) is 180 Å². The van der Waals surface area contributed by atoms with E-state index in [0.29, 0.717) is 0 Å². The summed E-state index contributed by atoms with van der Waals surface area (Å²) < 4.78 is 5.52. The summed E-state index contributed by atoms with van der Waals surface area (Å²) in [4.78, 5) is 2.55. The van der Waals surface area contributed by atoms with E-state index in [4.69, 9.17) is 0 Å². The number of aromatic nitrogens is 2. The molecule has 0 radical (unpaired) electrons. The van der Waals surface area contributed by atoms with E-state index in [9.17, 15) is 0 Å². The first-order valence-electron chi connectivity index (χ1n) is 30.7. The third-order valence-electron chi connectivity index (χ3n) is 20.0. The number of fused-ring (bicyclic) bond motifs is 14. The number of benzene rings is 9. The first kappa shape index (κ1) is 52.3. The van der Waals surface area contributed by atoms with Crippen molar-refractivity contribution < 1.29 is 0 Å². The second-order valence-electron chi connectivity index (χ2n) is 31.5. The molecule has 1 aliphatic carbocycles. The van der Waals surface area contributed by atoms with E-state index in [2.05, 4.69) is 296 Å². The lowest BCUT2D eigenvalue weighted by Gasteiger charge is -2.45. The van der Waals surface area contributed by atoms with E-state index in [1.807, 2.05) is 0 Å². The Morgan fingerprint density at radius 3 is 1.48 bits per heavy atom. The topological polar surface area (TPSA) is 13.1 Å². The molecule has 1 spiro atoms. The van der Waals surface area contributed by atoms with Crippen molar-refractivity contribution in [3.05, 3.63) is 213 Å². The number of rotatable bonds is 3. The van der Waals surface area contributed by atoms with Crippen LogP contribution in [0, 0.1) is 0 Å². The van der Waals surface area contributed by atoms with Gasteiger partial charge in [-0.05, 0) is 176 Å². The molecular weight excluding hydrogens is 1000 g/mol. The average molecular weight is 1080 g/mol. The molecule has 9 aromatic carbocycles. The monoisotopic (exact) mass is 1080 g/mol. The highest BCUT2D eigenvalue weighted by Gasteiger charge is 2.55. The molecule has 4 heteroatoms. The molecule has 0 bridgehead atoms. The summed E-state index contributed by atoms with van der Waals surface area (Å²) in [5.41, 5.74) is 30.9. The summed E-state index contributed by atoms with van der Waals surface area (Å²) in [5.74, 6) is 0. The minimum absolute atomic E-state index is 0.0324. The Labute approximate surface area is 493 Å². The maximum atomic E-state index is 2.81. The van der Waals surface area contributed by atoms with Crippen LogP contribution in [0.15, 0.2) is 158 Å². The van der Waals surface area contributed by atoms with Crippen molar-refractivity contribution in [2.75, 3.05) is 4.90 Å². The molecule has 0 atom stereocenters. The standard InChI is InChI=1S/C79H80BN3/c1-73(2,3)45-23-22-26-52(37-45)81(51-24-20-19-21-25-51)65-36-33-62-72-67(65)57-38-46(74(4,5)6)29-34-64(57)82(72)66-35-32-58-71-68(66)80(62)63-44-50(78(16,17)18)40-56-55-39-49(77(13,14)15)43-61(69(55)83(71)70(56)63)79(58)59-41-47(75(7,8)9)27-30-53(59)54-31-28-48(42-60(54)79)76(10,11)12/h19-44H,1-18H3. The fraction of sp³-hybridized carbons (Fsp3) is 0.316. The van der Waals surface area contributed by atoms with E-state index in [-0.39, 0.29) is 39.2 Å². The number of para-hydroxylation sites is 1. The van der Waals surface area contributed by atoms with E-state index >= 15 is 0 Å². The van der Waals surface area contributed by atoms with Gasteiger partial charge < -0.3 is 14.0 Å². The molecule has 5 heterocycles. The molecule has 0 N–H and O–H groups in total. The van der Waals surface area contributed by atoms with Gasteiger partial charge in [0.2, 0.25) is 0 Å². The van der Waals surface area contributed by atoms with Crippen molar-refractivity contribution in [1.82, 2.24) is 9.13 Å². The van der Waals surface area contributed by atoms with Gasteiger partial charge in [0.1, 0.15) is 0 Å². The number of hydrogen-bond acceptors (Lipinski definition) is 1. The van der Waals surface area contributed by atoms with Gasteiger partial charge in [-0.3, -0.25) is 0 Å². The van der Waals surface area contributed by atoms with E-state index in [0.717, 1.165) is 11.4 Å². The molecule has 0 saturated carbocycles. The molecule has 0 amide bonds. The fourth-order valence-corrected chi connectivity index (χ4v) is 15.4. The molecule has 15 rings (SSSR count). The van der Waals surface area contributed by atoms with Crippen molar-refractivity contribution >= 4 is 83.8 Å². The summed E-state index contributed by atoms with van der Waals surface area (Å²) in [6, 6.07) is 63.6. The molecule has 414 valence electrons. The minimum atomic E-state index is -0.631. The first-order valence-corrected chi connectivity index (χ1v) is 30.7. The quantitative estimate of drug-likeness (QED) is 0.161. The Hall–Kier alpha value is -7.56. The third kappa shape index (κ3) is 7.05. The van der Waals surface area contributed by atoms with Gasteiger partial charge in [0, 0.05) is 49.8 Å². The van der Waals surface area contributed by atoms with Gasteiger partial charge in [0.05, 0.1) is 27.7 Å². The maximum Gasteiger partial charge on any atom is 0.252 e. The Balaban J connectivity index is 1.16. The molecule has 3 nitrogen and oxygen atoms in total. The first-order chi connectivity index (χ1) is 39.0. The lowest BCUT2D eigenvalue weighted by Crippen LogP contribution is -2.60. The van der Waals surface area contributed by atoms with Gasteiger partial charge in [-0.15, -0.1) is 0 Å². The van der Waals surface area contributed by atoms with Crippen LogP contribution in [-0.4, -0.2) is 15.8 Å². The van der Waals surface area contributed by atoms with Crippen LogP contribution in [-0.2, 0) is 37.9 Å². The Kier molecular flexibility index (Phi) is 10.3. The number of anilines is 3. The van der Waals surface area contributed by atoms with Crippen molar-refractivity contribution in [3.63, 3.8) is 0 Å². The SMILES string of the molecule is CC(C)(C)c1cccc(N(c2ccccc2)c2ccc3c4c2c2cc(C(C)(C)C)ccc2n4-c2ccc4c5c2B3c2cc(C(C)(C)C)cc3c6cc(C(C)(C)C)cc(c6n-5c23)C42c3cc(C(C)(C)C)ccc3-c3ccc(C(C)(C)C)cc32)c1. The Morgan fingerprint density at radius 2 is 0.880 bits per heavy atom. The lowest BCUT2D eigenvalue weighted by atomic mass is 9.33. The van der Waals surface area contributed by atoms with Crippen molar-refractivity contribution in [1.29, 1.82) is 0 Å². The molecule has 4 aliphatic rings. The van der Waals surface area contributed by atoms with Crippen LogP contribution < -0.4 is 21.3 Å². The minimum Gasteiger partial charge on any atom is -0.310 e. The predicted octanol–water partition coefficient (Wildman–Crippen LogP) is 19.0. The van der Waals surface area contributed by atoms with Crippen LogP contribution in [0.3, 0.4) is 0 Å². The molecule has 0 fully saturated rings. The summed E-state index contributed by atoms with van der Waals surface area (Å²) in [7, 11) is 0.